The van der Waals surface area contributed by atoms with Gasteiger partial charge in [-0.1, -0.05) is 41.5 Å². The van der Waals surface area contributed by atoms with Crippen molar-refractivity contribution in [3.8, 4) is 0 Å². The van der Waals surface area contributed by atoms with E-state index in [1.807, 2.05) is 6.92 Å². The van der Waals surface area contributed by atoms with Crippen LogP contribution >= 0.6 is 0 Å². The first-order chi connectivity index (χ1) is 23.9. The van der Waals surface area contributed by atoms with Gasteiger partial charge in [0.15, 0.2) is 11.6 Å². The van der Waals surface area contributed by atoms with Gasteiger partial charge in [0.05, 0.1) is 72.6 Å². The van der Waals surface area contributed by atoms with E-state index in [2.05, 4.69) is 48.5 Å². The lowest BCUT2D eigenvalue weighted by molar-refractivity contribution is -0.353. The first-order valence-corrected chi connectivity index (χ1v) is 20.0. The Kier molecular flexibility index (Phi) is 11.4. The third kappa shape index (κ3) is 7.19. The smallest absolute Gasteiger partial charge is 0.308 e. The molecule has 7 unspecified atom stereocenters. The van der Waals surface area contributed by atoms with Gasteiger partial charge in [0.2, 0.25) is 0 Å². The minimum Gasteiger partial charge on any atom is -0.481 e. The highest BCUT2D eigenvalue weighted by molar-refractivity contribution is 5.70. The first-order valence-electron chi connectivity index (χ1n) is 20.0. The second kappa shape index (κ2) is 14.6. The molecule has 6 aliphatic rings. The van der Waals surface area contributed by atoms with Crippen LogP contribution in [0.4, 0.5) is 0 Å². The van der Waals surface area contributed by atoms with E-state index >= 15 is 0 Å². The van der Waals surface area contributed by atoms with Crippen LogP contribution in [0.25, 0.3) is 0 Å². The molecule has 0 aromatic heterocycles. The summed E-state index contributed by atoms with van der Waals surface area (Å²) in [7, 11) is 1.77. The van der Waals surface area contributed by atoms with Gasteiger partial charge < -0.3 is 48.5 Å². The lowest BCUT2D eigenvalue weighted by atomic mass is 9.78. The third-order valence-corrected chi connectivity index (χ3v) is 14.4. The van der Waals surface area contributed by atoms with Crippen molar-refractivity contribution < 1.29 is 53.3 Å². The highest BCUT2D eigenvalue weighted by atomic mass is 16.7. The minimum absolute atomic E-state index is 0.00727. The highest BCUT2D eigenvalue weighted by Gasteiger charge is 2.65. The molecule has 0 bridgehead atoms. The Morgan fingerprint density at radius 1 is 0.863 bits per heavy atom. The van der Waals surface area contributed by atoms with Gasteiger partial charge in [0.25, 0.3) is 0 Å². The molecule has 294 valence electrons. The lowest BCUT2D eigenvalue weighted by Crippen LogP contribution is -2.58. The van der Waals surface area contributed by atoms with Crippen LogP contribution in [0.5, 0.6) is 0 Å². The Morgan fingerprint density at radius 2 is 1.59 bits per heavy atom. The molecule has 0 radical (unpaired) electrons. The van der Waals surface area contributed by atoms with Gasteiger partial charge in [-0.2, -0.15) is 0 Å². The standard InChI is InChI=1S/C40H68O11/c1-21-11-12-28(46-33(21)26(6)36(42)43)17-29-18-30(45-10)27(7)40(48-29)25(5)19-38(9,51-40)32-13-14-37(8,49-32)35-23(3)16-31(47-35)34-22(2)15-24(4)39(44,20-41)50-34/h21-35,41,44H,11-20H2,1-10H3,(H,42,43)/t21-,22-,23+,24-,25+,26+,27-,28?,29?,30-,31?,32?,33?,34?,35?,37+,38-,39+,40-/m1/s1. The summed E-state index contributed by atoms with van der Waals surface area (Å²) in [6, 6.07) is 0. The summed E-state index contributed by atoms with van der Waals surface area (Å²) >= 11 is 0. The zero-order valence-electron chi connectivity index (χ0n) is 32.8. The maximum absolute atomic E-state index is 11.8. The SMILES string of the molecule is CO[C@@H]1CC(CC2CC[C@@H](C)C([C@H](C)C(=O)O)O2)O[C@]2(O[C@@](C)(C3CC[C@@](C)(C4OC(C5O[C@@](O)(CO)[C@H](C)C[C@H]5C)C[C@@H]4C)O3)C[C@@H]2C)[C@@H]1C. The number of carboxylic acids is 1. The van der Waals surface area contributed by atoms with Crippen LogP contribution < -0.4 is 0 Å². The molecule has 19 atom stereocenters. The van der Waals surface area contributed by atoms with Gasteiger partial charge in [-0.3, -0.25) is 4.79 Å². The topological polar surface area (TPSA) is 142 Å². The van der Waals surface area contributed by atoms with Crippen molar-refractivity contribution in [2.75, 3.05) is 13.7 Å². The molecular formula is C40H68O11. The second-order valence-corrected chi connectivity index (χ2v) is 18.4. The molecule has 0 amide bonds. The number of methoxy groups -OCH3 is 1. The Hall–Kier alpha value is -0.890. The molecule has 11 heteroatoms. The van der Waals surface area contributed by atoms with E-state index < -0.39 is 41.3 Å². The average Bonchev–Trinajstić information content (AvgIpc) is 3.75. The van der Waals surface area contributed by atoms with E-state index in [0.29, 0.717) is 6.42 Å². The number of ether oxygens (including phenoxy) is 7. The predicted molar refractivity (Wildman–Crippen MR) is 189 cm³/mol. The summed E-state index contributed by atoms with van der Waals surface area (Å²) in [6.45, 7) is 18.4. The van der Waals surface area contributed by atoms with Gasteiger partial charge in [-0.15, -0.1) is 0 Å². The Morgan fingerprint density at radius 3 is 2.25 bits per heavy atom. The fourth-order valence-corrected chi connectivity index (χ4v) is 11.3. The molecule has 6 heterocycles. The maximum Gasteiger partial charge on any atom is 0.308 e. The third-order valence-electron chi connectivity index (χ3n) is 14.4. The van der Waals surface area contributed by atoms with Crippen molar-refractivity contribution in [1.82, 2.24) is 0 Å². The molecule has 0 aromatic carbocycles. The van der Waals surface area contributed by atoms with Crippen molar-refractivity contribution in [3.63, 3.8) is 0 Å². The quantitative estimate of drug-likeness (QED) is 0.269. The second-order valence-electron chi connectivity index (χ2n) is 18.4. The molecule has 0 saturated carbocycles. The number of aliphatic hydroxyl groups is 2. The van der Waals surface area contributed by atoms with Crippen LogP contribution in [0.15, 0.2) is 0 Å². The van der Waals surface area contributed by atoms with Gasteiger partial charge in [-0.05, 0) is 83.5 Å². The van der Waals surface area contributed by atoms with Crippen LogP contribution in [0, 0.1) is 41.4 Å². The molecule has 6 rings (SSSR count). The molecule has 0 aromatic rings. The van der Waals surface area contributed by atoms with Crippen molar-refractivity contribution in [2.24, 2.45) is 41.4 Å². The van der Waals surface area contributed by atoms with Gasteiger partial charge in [0.1, 0.15) is 0 Å². The van der Waals surface area contributed by atoms with Gasteiger partial charge in [0, 0.05) is 37.7 Å². The Bertz CT molecular complexity index is 1230. The Balaban J connectivity index is 1.13. The lowest BCUT2D eigenvalue weighted by Gasteiger charge is -2.50. The van der Waals surface area contributed by atoms with Crippen LogP contribution in [-0.2, 0) is 38.0 Å². The monoisotopic (exact) mass is 724 g/mol. The molecule has 6 fully saturated rings. The Labute approximate surface area is 305 Å². The maximum atomic E-state index is 11.8. The minimum atomic E-state index is -1.55. The van der Waals surface area contributed by atoms with E-state index in [-0.39, 0.29) is 84.3 Å². The normalized spacial score (nSPS) is 54.2. The number of hydrogen-bond donors (Lipinski definition) is 3. The molecule has 6 saturated heterocycles. The number of carbonyl (C=O) groups is 1. The fourth-order valence-electron chi connectivity index (χ4n) is 11.3. The van der Waals surface area contributed by atoms with Crippen LogP contribution in [0.3, 0.4) is 0 Å². The number of carboxylic acid groups (broad SMARTS) is 1. The molecule has 1 spiro atoms. The molecule has 51 heavy (non-hydrogen) atoms. The van der Waals surface area contributed by atoms with E-state index in [0.717, 1.165) is 51.4 Å². The molecule has 11 nitrogen and oxygen atoms in total. The molecule has 6 aliphatic heterocycles. The number of rotatable bonds is 9. The zero-order chi connectivity index (χ0) is 37.3. The summed E-state index contributed by atoms with van der Waals surface area (Å²) < 4.78 is 47.0. The highest BCUT2D eigenvalue weighted by Crippen LogP contribution is 2.57. The number of hydrogen-bond acceptors (Lipinski definition) is 10. The summed E-state index contributed by atoms with van der Waals surface area (Å²) in [5, 5.41) is 30.7. The summed E-state index contributed by atoms with van der Waals surface area (Å²) in [5.74, 6) is -3.26. The molecule has 3 N–H and O–H groups in total. The van der Waals surface area contributed by atoms with Crippen molar-refractivity contribution in [3.05, 3.63) is 0 Å². The largest absolute Gasteiger partial charge is 0.481 e. The van der Waals surface area contributed by atoms with Crippen LogP contribution in [0.1, 0.15) is 120 Å². The first kappa shape index (κ1) is 39.8. The number of aliphatic carboxylic acids is 1. The van der Waals surface area contributed by atoms with Crippen molar-refractivity contribution >= 4 is 5.97 Å². The summed E-state index contributed by atoms with van der Waals surface area (Å²) in [6.07, 6.45) is 5.85. The van der Waals surface area contributed by atoms with Crippen LogP contribution in [0.2, 0.25) is 0 Å². The molecule has 0 aliphatic carbocycles. The van der Waals surface area contributed by atoms with E-state index in [9.17, 15) is 20.1 Å². The fraction of sp³-hybridized carbons (Fsp3) is 0.975. The summed E-state index contributed by atoms with van der Waals surface area (Å²) in [5.41, 5.74) is -1.10. The van der Waals surface area contributed by atoms with Gasteiger partial charge in [-0.25, -0.2) is 0 Å². The van der Waals surface area contributed by atoms with Gasteiger partial charge >= 0.3 is 5.97 Å². The van der Waals surface area contributed by atoms with Crippen molar-refractivity contribution in [2.45, 2.75) is 192 Å². The van der Waals surface area contributed by atoms with Crippen LogP contribution in [-0.4, -0.2) is 107 Å². The summed E-state index contributed by atoms with van der Waals surface area (Å²) in [4.78, 5) is 11.8. The zero-order valence-corrected chi connectivity index (χ0v) is 32.8. The number of aliphatic hydroxyl groups excluding tert-OH is 1. The van der Waals surface area contributed by atoms with E-state index in [1.54, 1.807) is 14.0 Å². The predicted octanol–water partition coefficient (Wildman–Crippen LogP) is 5.71. The molecular weight excluding hydrogens is 656 g/mol. The average molecular weight is 725 g/mol. The van der Waals surface area contributed by atoms with Crippen molar-refractivity contribution in [1.29, 1.82) is 0 Å². The van der Waals surface area contributed by atoms with E-state index in [1.165, 1.54) is 0 Å². The van der Waals surface area contributed by atoms with E-state index in [4.69, 9.17) is 33.2 Å².